The number of nitrogens with zero attached hydrogens (tertiary/aromatic N) is 4. The van der Waals surface area contributed by atoms with Gasteiger partial charge in [-0.15, -0.1) is 0 Å². The van der Waals surface area contributed by atoms with E-state index in [-0.39, 0.29) is 25.6 Å². The number of aromatic nitrogens is 1. The third-order valence-corrected chi connectivity index (χ3v) is 2.19. The van der Waals surface area contributed by atoms with Crippen LogP contribution >= 0.6 is 0 Å². The molecule has 0 aliphatic carbocycles. The Kier molecular flexibility index (Phi) is 5.76. The number of hydrogen-bond acceptors (Lipinski definition) is 6. The van der Waals surface area contributed by atoms with E-state index < -0.39 is 11.6 Å². The first-order chi connectivity index (χ1) is 9.46. The van der Waals surface area contributed by atoms with Gasteiger partial charge in [-0.1, -0.05) is 11.2 Å². The topological polar surface area (TPSA) is 117 Å². The number of aliphatic hydroxyl groups excluding tert-OH is 1. The highest BCUT2D eigenvalue weighted by Gasteiger charge is 2.22. The molecule has 108 valence electrons. The van der Waals surface area contributed by atoms with E-state index in [0.29, 0.717) is 5.69 Å². The number of hydrogen-bond donors (Lipinski definition) is 1. The fraction of sp³-hybridized carbons (Fsp3) is 0.500. The maximum Gasteiger partial charge on any atom is 0.344 e. The van der Waals surface area contributed by atoms with Gasteiger partial charge in [0.25, 0.3) is 0 Å². The maximum absolute atomic E-state index is 11.6. The van der Waals surface area contributed by atoms with Gasteiger partial charge in [-0.25, -0.2) is 9.78 Å². The summed E-state index contributed by atoms with van der Waals surface area (Å²) in [6.07, 6.45) is 0. The molecule has 0 saturated carbocycles. The molecule has 1 heterocycles. The molecule has 1 rings (SSSR count). The first-order valence-corrected chi connectivity index (χ1v) is 5.89. The molecule has 1 aromatic rings. The zero-order valence-electron chi connectivity index (χ0n) is 11.3. The number of aliphatic hydroxyl groups is 1. The van der Waals surface area contributed by atoms with Crippen molar-refractivity contribution < 1.29 is 19.4 Å². The van der Waals surface area contributed by atoms with Crippen LogP contribution in [-0.2, 0) is 16.1 Å². The lowest BCUT2D eigenvalue weighted by Crippen LogP contribution is -2.33. The summed E-state index contributed by atoms with van der Waals surface area (Å²) in [5.41, 5.74) is 7.78. The van der Waals surface area contributed by atoms with Gasteiger partial charge >= 0.3 is 5.97 Å². The highest BCUT2D eigenvalue weighted by atomic mass is 16.6. The molecule has 0 radical (unpaired) electrons. The van der Waals surface area contributed by atoms with Gasteiger partial charge in [0.1, 0.15) is 5.60 Å². The molecule has 0 fully saturated rings. The summed E-state index contributed by atoms with van der Waals surface area (Å²) in [7, 11) is 0. The van der Waals surface area contributed by atoms with Crippen LogP contribution in [0.2, 0.25) is 0 Å². The summed E-state index contributed by atoms with van der Waals surface area (Å²) in [5, 5.41) is 12.3. The minimum Gasteiger partial charge on any atom is -0.466 e. The molecule has 0 aromatic carbocycles. The fourth-order valence-electron chi connectivity index (χ4n) is 1.33. The van der Waals surface area contributed by atoms with E-state index in [9.17, 15) is 4.79 Å². The third-order valence-electron chi connectivity index (χ3n) is 2.19. The Bertz CT molecular complexity index is 512. The van der Waals surface area contributed by atoms with Gasteiger partial charge in [0.15, 0.2) is 6.61 Å². The molecule has 0 bridgehead atoms. The predicted molar refractivity (Wildman–Crippen MR) is 69.8 cm³/mol. The van der Waals surface area contributed by atoms with E-state index in [2.05, 4.69) is 15.0 Å². The van der Waals surface area contributed by atoms with E-state index in [1.165, 1.54) is 0 Å². The average Bonchev–Trinajstić information content (AvgIpc) is 2.43. The molecular formula is C12H16N4O4. The summed E-state index contributed by atoms with van der Waals surface area (Å²) in [4.78, 5) is 18.2. The van der Waals surface area contributed by atoms with Gasteiger partial charge in [-0.2, -0.15) is 0 Å². The maximum atomic E-state index is 11.6. The lowest BCUT2D eigenvalue weighted by Gasteiger charge is -2.22. The van der Waals surface area contributed by atoms with Crippen LogP contribution in [0.5, 0.6) is 5.88 Å². The van der Waals surface area contributed by atoms with Crippen LogP contribution in [0.25, 0.3) is 10.4 Å². The van der Waals surface area contributed by atoms with Crippen molar-refractivity contribution in [3.8, 4) is 5.88 Å². The molecule has 20 heavy (non-hydrogen) atoms. The standard InChI is InChI=1S/C12H16N4O4/c1-12(2,8-14-16-13)20-11(18)7-19-10-5-3-4-9(6-17)15-10/h3-5,17H,6-8H2,1-2H3. The van der Waals surface area contributed by atoms with Gasteiger partial charge in [0, 0.05) is 11.0 Å². The summed E-state index contributed by atoms with van der Waals surface area (Å²) >= 11 is 0. The molecule has 0 atom stereocenters. The van der Waals surface area contributed by atoms with E-state index in [0.717, 1.165) is 0 Å². The Morgan fingerprint density at radius 1 is 1.55 bits per heavy atom. The van der Waals surface area contributed by atoms with E-state index >= 15 is 0 Å². The number of ether oxygens (including phenoxy) is 2. The van der Waals surface area contributed by atoms with Gasteiger partial charge in [-0.05, 0) is 25.4 Å². The molecule has 1 N–H and O–H groups in total. The molecule has 0 aliphatic heterocycles. The number of azide groups is 1. The number of pyridine rings is 1. The van der Waals surface area contributed by atoms with Gasteiger partial charge in [0.2, 0.25) is 5.88 Å². The zero-order chi connectivity index (χ0) is 15.0. The predicted octanol–water partition coefficient (Wildman–Crippen LogP) is 1.58. The van der Waals surface area contributed by atoms with E-state index in [1.807, 2.05) is 0 Å². The van der Waals surface area contributed by atoms with Crippen LogP contribution in [0, 0.1) is 0 Å². The lowest BCUT2D eigenvalue weighted by molar-refractivity contribution is -0.158. The van der Waals surface area contributed by atoms with Crippen LogP contribution in [0.1, 0.15) is 19.5 Å². The van der Waals surface area contributed by atoms with Crippen LogP contribution in [0.4, 0.5) is 0 Å². The van der Waals surface area contributed by atoms with Crippen molar-refractivity contribution in [2.45, 2.75) is 26.1 Å². The van der Waals surface area contributed by atoms with Crippen molar-refractivity contribution in [2.24, 2.45) is 5.11 Å². The lowest BCUT2D eigenvalue weighted by atomic mass is 10.1. The van der Waals surface area contributed by atoms with E-state index in [1.54, 1.807) is 32.0 Å². The third kappa shape index (κ3) is 5.55. The summed E-state index contributed by atoms with van der Waals surface area (Å²) in [6, 6.07) is 4.86. The molecule has 0 amide bonds. The van der Waals surface area contributed by atoms with Crippen molar-refractivity contribution in [3.05, 3.63) is 34.3 Å². The number of rotatable bonds is 7. The fourth-order valence-corrected chi connectivity index (χ4v) is 1.33. The van der Waals surface area contributed by atoms with Gasteiger partial charge < -0.3 is 14.6 Å². The Balaban J connectivity index is 2.48. The molecule has 0 unspecified atom stereocenters. The Morgan fingerprint density at radius 3 is 2.95 bits per heavy atom. The Hall–Kier alpha value is -2.31. The van der Waals surface area contributed by atoms with Gasteiger partial charge in [-0.3, -0.25) is 0 Å². The van der Waals surface area contributed by atoms with Crippen molar-refractivity contribution in [1.29, 1.82) is 0 Å². The second-order valence-electron chi connectivity index (χ2n) is 4.54. The molecule has 0 spiro atoms. The number of carbonyl (C=O) groups is 1. The quantitative estimate of drug-likeness (QED) is 0.352. The van der Waals surface area contributed by atoms with Gasteiger partial charge in [0.05, 0.1) is 18.8 Å². The second kappa shape index (κ2) is 7.32. The molecule has 0 aliphatic rings. The van der Waals surface area contributed by atoms with Crippen LogP contribution in [-0.4, -0.2) is 34.8 Å². The monoisotopic (exact) mass is 280 g/mol. The molecule has 1 aromatic heterocycles. The minimum absolute atomic E-state index is 0.0352. The molecule has 8 heteroatoms. The molecular weight excluding hydrogens is 264 g/mol. The van der Waals surface area contributed by atoms with Crippen LogP contribution < -0.4 is 4.74 Å². The minimum atomic E-state index is -0.896. The zero-order valence-corrected chi connectivity index (χ0v) is 11.3. The summed E-state index contributed by atoms with van der Waals surface area (Å²) < 4.78 is 10.3. The largest absolute Gasteiger partial charge is 0.466 e. The SMILES string of the molecule is CC(C)(CN=[N+]=[N-])OC(=O)COc1cccc(CO)n1. The molecule has 0 saturated heterocycles. The second-order valence-corrected chi connectivity index (χ2v) is 4.54. The first kappa shape index (κ1) is 15.7. The summed E-state index contributed by atoms with van der Waals surface area (Å²) in [5.74, 6) is -0.374. The molecule has 8 nitrogen and oxygen atoms in total. The summed E-state index contributed by atoms with van der Waals surface area (Å²) in [6.45, 7) is 2.77. The van der Waals surface area contributed by atoms with Crippen LogP contribution in [0.15, 0.2) is 23.3 Å². The number of carbonyl (C=O) groups excluding carboxylic acids is 1. The normalized spacial score (nSPS) is 10.6. The van der Waals surface area contributed by atoms with Crippen molar-refractivity contribution in [2.75, 3.05) is 13.2 Å². The van der Waals surface area contributed by atoms with Crippen molar-refractivity contribution in [1.82, 2.24) is 4.98 Å². The highest BCUT2D eigenvalue weighted by molar-refractivity contribution is 5.71. The number of esters is 1. The van der Waals surface area contributed by atoms with E-state index in [4.69, 9.17) is 20.1 Å². The van der Waals surface area contributed by atoms with Crippen LogP contribution in [0.3, 0.4) is 0 Å². The Morgan fingerprint density at radius 2 is 2.30 bits per heavy atom. The first-order valence-electron chi connectivity index (χ1n) is 5.89. The highest BCUT2D eigenvalue weighted by Crippen LogP contribution is 2.11. The smallest absolute Gasteiger partial charge is 0.344 e. The van der Waals surface area contributed by atoms with Crippen molar-refractivity contribution >= 4 is 5.97 Å². The van der Waals surface area contributed by atoms with Crippen molar-refractivity contribution in [3.63, 3.8) is 0 Å². The Labute approximate surface area is 116 Å². The average molecular weight is 280 g/mol.